The highest BCUT2D eigenvalue weighted by atomic mass is 35.5. The number of hydrogen-bond acceptors (Lipinski definition) is 5. The van der Waals surface area contributed by atoms with Crippen LogP contribution in [0.4, 0.5) is 11.4 Å². The Morgan fingerprint density at radius 3 is 2.58 bits per heavy atom. The number of halogens is 1. The number of nitrogens with one attached hydrogen (secondary N) is 1. The lowest BCUT2D eigenvalue weighted by Crippen LogP contribution is -2.48. The first-order valence-electron chi connectivity index (χ1n) is 11.0. The van der Waals surface area contributed by atoms with Gasteiger partial charge in [0.2, 0.25) is 5.91 Å². The highest BCUT2D eigenvalue weighted by Gasteiger charge is 2.19. The Hall–Kier alpha value is -2.93. The molecule has 0 radical (unpaired) electrons. The molecule has 0 spiro atoms. The predicted octanol–water partition coefficient (Wildman–Crippen LogP) is 5.69. The summed E-state index contributed by atoms with van der Waals surface area (Å²) in [7, 11) is 0. The van der Waals surface area contributed by atoms with Crippen LogP contribution in [0.3, 0.4) is 0 Å². The van der Waals surface area contributed by atoms with E-state index < -0.39 is 0 Å². The van der Waals surface area contributed by atoms with E-state index in [0.29, 0.717) is 6.54 Å². The summed E-state index contributed by atoms with van der Waals surface area (Å²) < 4.78 is 1.19. The summed E-state index contributed by atoms with van der Waals surface area (Å²) in [5.74, 6) is 0.00872. The van der Waals surface area contributed by atoms with Gasteiger partial charge in [-0.05, 0) is 67.1 Å². The number of hydrogen-bond donors (Lipinski definition) is 1. The molecular formula is C26H25ClN4OS. The van der Waals surface area contributed by atoms with Crippen LogP contribution < -0.4 is 10.2 Å². The van der Waals surface area contributed by atoms with E-state index in [1.165, 1.54) is 10.3 Å². The maximum atomic E-state index is 12.6. The van der Waals surface area contributed by atoms with Gasteiger partial charge in [0.25, 0.3) is 0 Å². The van der Waals surface area contributed by atoms with Gasteiger partial charge in [-0.3, -0.25) is 9.69 Å². The van der Waals surface area contributed by atoms with E-state index in [-0.39, 0.29) is 5.91 Å². The molecule has 0 atom stereocenters. The fraction of sp³-hybridized carbons (Fsp3) is 0.231. The molecule has 3 aromatic carbocycles. The second-order valence-corrected chi connectivity index (χ2v) is 9.83. The van der Waals surface area contributed by atoms with Crippen molar-refractivity contribution < 1.29 is 4.79 Å². The van der Waals surface area contributed by atoms with Crippen LogP contribution in [-0.2, 0) is 4.79 Å². The largest absolute Gasteiger partial charge is 0.369 e. The van der Waals surface area contributed by atoms with E-state index in [4.69, 9.17) is 16.6 Å². The molecule has 5 rings (SSSR count). The first-order valence-corrected chi connectivity index (χ1v) is 12.2. The van der Waals surface area contributed by atoms with Gasteiger partial charge in [-0.15, -0.1) is 11.3 Å². The van der Waals surface area contributed by atoms with E-state index in [9.17, 15) is 4.79 Å². The van der Waals surface area contributed by atoms with Crippen LogP contribution in [0.2, 0.25) is 5.02 Å². The van der Waals surface area contributed by atoms with Crippen molar-refractivity contribution in [1.82, 2.24) is 9.88 Å². The van der Waals surface area contributed by atoms with Crippen molar-refractivity contribution in [3.05, 3.63) is 77.3 Å². The van der Waals surface area contributed by atoms with Gasteiger partial charge < -0.3 is 10.2 Å². The van der Waals surface area contributed by atoms with Crippen molar-refractivity contribution >= 4 is 50.4 Å². The topological polar surface area (TPSA) is 48.5 Å². The molecule has 1 amide bonds. The van der Waals surface area contributed by atoms with Gasteiger partial charge in [0.05, 0.1) is 16.8 Å². The fourth-order valence-electron chi connectivity index (χ4n) is 4.09. The van der Waals surface area contributed by atoms with Crippen molar-refractivity contribution in [2.45, 2.75) is 6.92 Å². The predicted molar refractivity (Wildman–Crippen MR) is 139 cm³/mol. The maximum Gasteiger partial charge on any atom is 0.238 e. The minimum atomic E-state index is 0.00872. The van der Waals surface area contributed by atoms with Gasteiger partial charge in [0, 0.05) is 48.1 Å². The van der Waals surface area contributed by atoms with Gasteiger partial charge in [0.15, 0.2) is 0 Å². The molecule has 2 heterocycles. The molecule has 0 saturated carbocycles. The number of amides is 1. The van der Waals surface area contributed by atoms with Gasteiger partial charge in [-0.1, -0.05) is 23.7 Å². The average molecular weight is 477 g/mol. The second-order valence-electron chi connectivity index (χ2n) is 8.36. The van der Waals surface area contributed by atoms with Crippen molar-refractivity contribution in [3.63, 3.8) is 0 Å². The monoisotopic (exact) mass is 476 g/mol. The van der Waals surface area contributed by atoms with E-state index in [0.717, 1.165) is 58.7 Å². The second kappa shape index (κ2) is 9.51. The number of piperazine rings is 1. The van der Waals surface area contributed by atoms with Crippen LogP contribution in [0.25, 0.3) is 20.8 Å². The van der Waals surface area contributed by atoms with Crippen LogP contribution in [0.1, 0.15) is 5.56 Å². The summed E-state index contributed by atoms with van der Waals surface area (Å²) in [6.07, 6.45) is 0. The highest BCUT2D eigenvalue weighted by molar-refractivity contribution is 7.21. The summed E-state index contributed by atoms with van der Waals surface area (Å²) in [5, 5.41) is 4.76. The van der Waals surface area contributed by atoms with Crippen molar-refractivity contribution in [3.8, 4) is 10.6 Å². The molecule has 0 unspecified atom stereocenters. The molecule has 1 N–H and O–H groups in total. The zero-order chi connectivity index (χ0) is 22.8. The fourth-order valence-corrected chi connectivity index (χ4v) is 5.35. The first-order chi connectivity index (χ1) is 16.0. The minimum Gasteiger partial charge on any atom is -0.369 e. The third-order valence-corrected chi connectivity index (χ3v) is 7.17. The van der Waals surface area contributed by atoms with Crippen LogP contribution in [0.5, 0.6) is 0 Å². The molecule has 7 heteroatoms. The molecule has 1 saturated heterocycles. The number of aryl methyl sites for hydroxylation is 1. The van der Waals surface area contributed by atoms with E-state index in [2.05, 4.69) is 46.3 Å². The molecule has 33 heavy (non-hydrogen) atoms. The van der Waals surface area contributed by atoms with Crippen molar-refractivity contribution in [1.29, 1.82) is 0 Å². The summed E-state index contributed by atoms with van der Waals surface area (Å²) in [4.78, 5) is 21.8. The lowest BCUT2D eigenvalue weighted by atomic mass is 10.2. The van der Waals surface area contributed by atoms with E-state index >= 15 is 0 Å². The SMILES string of the molecule is Cc1ccc2nc(-c3ccc(NC(=O)CN4CCN(c5cccc(Cl)c5)CC4)cc3)sc2c1. The number of thiazole rings is 1. The Kier molecular flexibility index (Phi) is 6.31. The molecular weight excluding hydrogens is 452 g/mol. The van der Waals surface area contributed by atoms with Gasteiger partial charge in [-0.2, -0.15) is 0 Å². The standard InChI is InChI=1S/C26H25ClN4OS/c1-18-5-10-23-24(15-18)33-26(29-23)19-6-8-21(9-7-19)28-25(32)17-30-11-13-31(14-12-30)22-4-2-3-20(27)16-22/h2-10,15-16H,11-14,17H2,1H3,(H,28,32). The third-order valence-electron chi connectivity index (χ3n) is 5.87. The smallest absolute Gasteiger partial charge is 0.238 e. The zero-order valence-corrected chi connectivity index (χ0v) is 20.0. The van der Waals surface area contributed by atoms with Crippen molar-refractivity contribution in [2.24, 2.45) is 0 Å². The number of carbonyl (C=O) groups is 1. The number of carbonyl (C=O) groups excluding carboxylic acids is 1. The van der Waals surface area contributed by atoms with Crippen LogP contribution in [-0.4, -0.2) is 48.5 Å². The molecule has 168 valence electrons. The number of rotatable bonds is 5. The minimum absolute atomic E-state index is 0.00872. The quantitative estimate of drug-likeness (QED) is 0.402. The van der Waals surface area contributed by atoms with Crippen LogP contribution >= 0.6 is 22.9 Å². The molecule has 1 fully saturated rings. The summed E-state index contributed by atoms with van der Waals surface area (Å²) in [6.45, 7) is 5.93. The molecule has 0 bridgehead atoms. The molecule has 1 aromatic heterocycles. The number of anilines is 2. The van der Waals surface area contributed by atoms with E-state index in [1.54, 1.807) is 11.3 Å². The lowest BCUT2D eigenvalue weighted by Gasteiger charge is -2.35. The zero-order valence-electron chi connectivity index (χ0n) is 18.4. The number of nitrogens with zero attached hydrogens (tertiary/aromatic N) is 3. The van der Waals surface area contributed by atoms with Gasteiger partial charge in [-0.25, -0.2) is 4.98 Å². The Balaban J connectivity index is 1.15. The molecule has 1 aliphatic rings. The molecule has 0 aliphatic carbocycles. The summed E-state index contributed by atoms with van der Waals surface area (Å²) >= 11 is 7.80. The van der Waals surface area contributed by atoms with Crippen LogP contribution in [0.15, 0.2) is 66.7 Å². The number of fused-ring (bicyclic) bond motifs is 1. The Bertz CT molecular complexity index is 1280. The number of benzene rings is 3. The normalized spacial score (nSPS) is 14.5. The van der Waals surface area contributed by atoms with Crippen molar-refractivity contribution in [2.75, 3.05) is 42.9 Å². The highest BCUT2D eigenvalue weighted by Crippen LogP contribution is 2.31. The van der Waals surface area contributed by atoms with Gasteiger partial charge >= 0.3 is 0 Å². The molecule has 4 aromatic rings. The average Bonchev–Trinajstić information content (AvgIpc) is 3.23. The Labute approximate surface area is 202 Å². The summed E-state index contributed by atoms with van der Waals surface area (Å²) in [6, 6.07) is 22.2. The van der Waals surface area contributed by atoms with E-state index in [1.807, 2.05) is 42.5 Å². The summed E-state index contributed by atoms with van der Waals surface area (Å²) in [5.41, 5.74) is 5.26. The lowest BCUT2D eigenvalue weighted by molar-refractivity contribution is -0.117. The third kappa shape index (κ3) is 5.19. The Morgan fingerprint density at radius 2 is 1.82 bits per heavy atom. The molecule has 1 aliphatic heterocycles. The molecule has 5 nitrogen and oxygen atoms in total. The number of aromatic nitrogens is 1. The van der Waals surface area contributed by atoms with Crippen LogP contribution in [0, 0.1) is 6.92 Å². The first kappa shape index (κ1) is 21.9. The maximum absolute atomic E-state index is 12.6. The Morgan fingerprint density at radius 1 is 1.03 bits per heavy atom. The van der Waals surface area contributed by atoms with Gasteiger partial charge in [0.1, 0.15) is 5.01 Å².